The van der Waals surface area contributed by atoms with Crippen molar-refractivity contribution in [3.05, 3.63) is 70.1 Å². The molecule has 0 radical (unpaired) electrons. The number of para-hydroxylation sites is 1. The maximum absolute atomic E-state index is 13.4. The number of furan rings is 1. The molecule has 2 nitrogen and oxygen atoms in total. The molecule has 1 unspecified atom stereocenters. The van der Waals surface area contributed by atoms with E-state index in [1.54, 1.807) is 18.4 Å². The van der Waals surface area contributed by atoms with Gasteiger partial charge in [-0.05, 0) is 43.3 Å². The van der Waals surface area contributed by atoms with Crippen LogP contribution in [0.25, 0.3) is 11.0 Å². The van der Waals surface area contributed by atoms with Crippen LogP contribution in [-0.4, -0.2) is 7.05 Å². The number of likely N-dealkylation sites (N-methyl/N-ethyl adjacent to an activating group) is 1. The first kappa shape index (κ1) is 14.3. The topological polar surface area (TPSA) is 25.2 Å². The van der Waals surface area contributed by atoms with Crippen LogP contribution in [0.3, 0.4) is 0 Å². The van der Waals surface area contributed by atoms with Gasteiger partial charge in [-0.15, -0.1) is 0 Å². The van der Waals surface area contributed by atoms with Gasteiger partial charge >= 0.3 is 0 Å². The molecule has 1 atom stereocenters. The lowest BCUT2D eigenvalue weighted by Gasteiger charge is -2.16. The van der Waals surface area contributed by atoms with Crippen LogP contribution in [0.1, 0.15) is 17.2 Å². The largest absolute Gasteiger partial charge is 0.464 e. The summed E-state index contributed by atoms with van der Waals surface area (Å²) < 4.78 is 19.9. The lowest BCUT2D eigenvalue weighted by molar-refractivity contribution is 0.560. The van der Waals surface area contributed by atoms with Crippen molar-refractivity contribution < 1.29 is 8.81 Å². The second-order valence-corrected chi connectivity index (χ2v) is 5.82. The summed E-state index contributed by atoms with van der Waals surface area (Å²) >= 11 is 3.48. The van der Waals surface area contributed by atoms with E-state index in [4.69, 9.17) is 4.42 Å². The predicted molar refractivity (Wildman–Crippen MR) is 85.8 cm³/mol. The van der Waals surface area contributed by atoms with Crippen LogP contribution in [0.15, 0.2) is 57.6 Å². The maximum Gasteiger partial charge on any atom is 0.134 e. The first-order valence-electron chi connectivity index (χ1n) is 6.76. The first-order valence-corrected chi connectivity index (χ1v) is 7.55. The molecule has 4 heteroatoms. The summed E-state index contributed by atoms with van der Waals surface area (Å²) in [5.74, 6) is -0.222. The molecule has 0 saturated heterocycles. The Morgan fingerprint density at radius 1 is 1.24 bits per heavy atom. The Bertz CT molecular complexity index is 768. The van der Waals surface area contributed by atoms with Gasteiger partial charge in [-0.1, -0.05) is 34.1 Å². The fraction of sp³-hybridized carbons (Fsp3) is 0.176. The number of fused-ring (bicyclic) bond motifs is 1. The number of rotatable bonds is 4. The first-order chi connectivity index (χ1) is 10.2. The third-order valence-corrected chi connectivity index (χ3v) is 4.44. The van der Waals surface area contributed by atoms with Crippen molar-refractivity contribution in [3.8, 4) is 0 Å². The van der Waals surface area contributed by atoms with E-state index >= 15 is 0 Å². The van der Waals surface area contributed by atoms with E-state index in [-0.39, 0.29) is 11.9 Å². The van der Waals surface area contributed by atoms with E-state index in [0.29, 0.717) is 6.42 Å². The normalized spacial score (nSPS) is 12.7. The zero-order valence-corrected chi connectivity index (χ0v) is 13.2. The molecular weight excluding hydrogens is 333 g/mol. The average Bonchev–Trinajstić information content (AvgIpc) is 2.92. The summed E-state index contributed by atoms with van der Waals surface area (Å²) in [6, 6.07) is 12.8. The minimum Gasteiger partial charge on any atom is -0.464 e. The van der Waals surface area contributed by atoms with Crippen molar-refractivity contribution in [3.63, 3.8) is 0 Å². The highest BCUT2D eigenvalue weighted by Crippen LogP contribution is 2.30. The molecule has 0 fully saturated rings. The molecule has 0 saturated carbocycles. The number of halogens is 2. The van der Waals surface area contributed by atoms with Crippen molar-refractivity contribution in [2.45, 2.75) is 12.5 Å². The molecule has 0 bridgehead atoms. The van der Waals surface area contributed by atoms with E-state index < -0.39 is 0 Å². The lowest BCUT2D eigenvalue weighted by atomic mass is 9.98. The SMILES string of the molecule is CNC(Cc1cc(F)ccc1Br)c1coc2ccccc12. The van der Waals surface area contributed by atoms with Crippen LogP contribution in [0.5, 0.6) is 0 Å². The second kappa shape index (κ2) is 6.00. The van der Waals surface area contributed by atoms with Gasteiger partial charge in [-0.3, -0.25) is 0 Å². The van der Waals surface area contributed by atoms with Crippen LogP contribution in [0.2, 0.25) is 0 Å². The molecule has 108 valence electrons. The van der Waals surface area contributed by atoms with Gasteiger partial charge in [-0.25, -0.2) is 4.39 Å². The van der Waals surface area contributed by atoms with Gasteiger partial charge in [0, 0.05) is 21.5 Å². The van der Waals surface area contributed by atoms with Gasteiger partial charge in [0.1, 0.15) is 11.4 Å². The second-order valence-electron chi connectivity index (χ2n) is 4.97. The van der Waals surface area contributed by atoms with E-state index in [1.807, 2.05) is 31.3 Å². The maximum atomic E-state index is 13.4. The van der Waals surface area contributed by atoms with Crippen molar-refractivity contribution in [1.29, 1.82) is 0 Å². The number of nitrogens with one attached hydrogen (secondary N) is 1. The van der Waals surface area contributed by atoms with Crippen molar-refractivity contribution in [1.82, 2.24) is 5.32 Å². The van der Waals surface area contributed by atoms with Crippen molar-refractivity contribution >= 4 is 26.9 Å². The van der Waals surface area contributed by atoms with Gasteiger partial charge in [0.25, 0.3) is 0 Å². The minimum absolute atomic E-state index is 0.0618. The highest BCUT2D eigenvalue weighted by Gasteiger charge is 2.17. The van der Waals surface area contributed by atoms with Crippen LogP contribution in [-0.2, 0) is 6.42 Å². The molecule has 1 aromatic heterocycles. The molecule has 2 aromatic carbocycles. The van der Waals surface area contributed by atoms with E-state index in [9.17, 15) is 4.39 Å². The van der Waals surface area contributed by atoms with Crippen LogP contribution in [0.4, 0.5) is 4.39 Å². The highest BCUT2D eigenvalue weighted by atomic mass is 79.9. The fourth-order valence-electron chi connectivity index (χ4n) is 2.56. The summed E-state index contributed by atoms with van der Waals surface area (Å²) in [7, 11) is 1.90. The molecule has 3 aromatic rings. The third-order valence-electron chi connectivity index (χ3n) is 3.67. The zero-order valence-electron chi connectivity index (χ0n) is 11.6. The Balaban J connectivity index is 1.97. The van der Waals surface area contributed by atoms with Crippen LogP contribution in [0, 0.1) is 5.82 Å². The zero-order chi connectivity index (χ0) is 14.8. The molecule has 1 heterocycles. The van der Waals surface area contributed by atoms with Crippen LogP contribution >= 0.6 is 15.9 Å². The van der Waals surface area contributed by atoms with Gasteiger partial charge < -0.3 is 9.73 Å². The van der Waals surface area contributed by atoms with Gasteiger partial charge in [0.15, 0.2) is 0 Å². The predicted octanol–water partition coefficient (Wildman–Crippen LogP) is 4.84. The molecule has 0 aliphatic carbocycles. The Morgan fingerprint density at radius 2 is 2.05 bits per heavy atom. The number of hydrogen-bond donors (Lipinski definition) is 1. The van der Waals surface area contributed by atoms with Gasteiger partial charge in [-0.2, -0.15) is 0 Å². The minimum atomic E-state index is -0.222. The molecule has 0 aliphatic rings. The van der Waals surface area contributed by atoms with Gasteiger partial charge in [0.2, 0.25) is 0 Å². The van der Waals surface area contributed by atoms with E-state index in [2.05, 4.69) is 21.2 Å². The van der Waals surface area contributed by atoms with Crippen molar-refractivity contribution in [2.24, 2.45) is 0 Å². The Labute approximate surface area is 131 Å². The summed E-state index contributed by atoms with van der Waals surface area (Å²) in [5, 5.41) is 4.38. The van der Waals surface area contributed by atoms with Crippen LogP contribution < -0.4 is 5.32 Å². The molecule has 3 rings (SSSR count). The highest BCUT2D eigenvalue weighted by molar-refractivity contribution is 9.10. The van der Waals surface area contributed by atoms with E-state index in [1.165, 1.54) is 6.07 Å². The molecule has 0 spiro atoms. The molecule has 1 N–H and O–H groups in total. The number of hydrogen-bond acceptors (Lipinski definition) is 2. The molecule has 0 amide bonds. The molecule has 0 aliphatic heterocycles. The summed E-state index contributed by atoms with van der Waals surface area (Å²) in [5.41, 5.74) is 2.88. The van der Waals surface area contributed by atoms with Crippen molar-refractivity contribution in [2.75, 3.05) is 7.05 Å². The number of benzene rings is 2. The Hall–Kier alpha value is -1.65. The molecule has 21 heavy (non-hydrogen) atoms. The Kier molecular flexibility index (Phi) is 4.08. The Morgan fingerprint density at radius 3 is 2.86 bits per heavy atom. The summed E-state index contributed by atoms with van der Waals surface area (Å²) in [6.45, 7) is 0. The van der Waals surface area contributed by atoms with Gasteiger partial charge in [0.05, 0.1) is 6.26 Å². The monoisotopic (exact) mass is 347 g/mol. The fourth-order valence-corrected chi connectivity index (χ4v) is 2.96. The molecular formula is C17H15BrFNO. The standard InChI is InChI=1S/C17H15BrFNO/c1-20-16(9-11-8-12(19)6-7-15(11)18)14-10-21-17-5-3-2-4-13(14)17/h2-8,10,16,20H,9H2,1H3. The summed E-state index contributed by atoms with van der Waals surface area (Å²) in [4.78, 5) is 0. The smallest absolute Gasteiger partial charge is 0.134 e. The summed E-state index contributed by atoms with van der Waals surface area (Å²) in [6.07, 6.45) is 2.46. The lowest BCUT2D eigenvalue weighted by Crippen LogP contribution is -2.18. The van der Waals surface area contributed by atoms with E-state index in [0.717, 1.165) is 26.6 Å². The quantitative estimate of drug-likeness (QED) is 0.730. The third kappa shape index (κ3) is 2.87. The average molecular weight is 348 g/mol.